The van der Waals surface area contributed by atoms with Gasteiger partial charge in [-0.1, -0.05) is 0 Å². The molecule has 22 heavy (non-hydrogen) atoms. The summed E-state index contributed by atoms with van der Waals surface area (Å²) in [6, 6.07) is 2.70. The minimum atomic E-state index is 0.629. The highest BCUT2D eigenvalue weighted by Gasteiger charge is 2.38. The highest BCUT2D eigenvalue weighted by Crippen LogP contribution is 2.22. The van der Waals surface area contributed by atoms with E-state index in [4.69, 9.17) is 0 Å². The van der Waals surface area contributed by atoms with E-state index in [0.717, 1.165) is 25.2 Å². The fraction of sp³-hybridized carbons (Fsp3) is 1.00. The van der Waals surface area contributed by atoms with Crippen LogP contribution in [-0.4, -0.2) is 86.5 Å². The molecule has 4 nitrogen and oxygen atoms in total. The van der Waals surface area contributed by atoms with Crippen LogP contribution in [0.15, 0.2) is 0 Å². The van der Waals surface area contributed by atoms with E-state index in [9.17, 15) is 0 Å². The van der Waals surface area contributed by atoms with Gasteiger partial charge < -0.3 is 19.6 Å². The van der Waals surface area contributed by atoms with Crippen molar-refractivity contribution in [2.75, 3.05) is 53.4 Å². The number of likely N-dealkylation sites (N-methyl/N-ethyl adjacent to an activating group) is 2. The number of nitrogens with zero attached hydrogens (tertiary/aromatic N) is 2. The summed E-state index contributed by atoms with van der Waals surface area (Å²) in [6.45, 7) is 17.1. The second-order valence-electron chi connectivity index (χ2n) is 8.73. The van der Waals surface area contributed by atoms with Gasteiger partial charge in [0.15, 0.2) is 0 Å². The average Bonchev–Trinajstić information content (AvgIpc) is 2.43. The molecule has 0 spiro atoms. The van der Waals surface area contributed by atoms with Crippen molar-refractivity contribution in [2.45, 2.75) is 64.7 Å². The van der Waals surface area contributed by atoms with Crippen molar-refractivity contribution in [1.29, 1.82) is 0 Å². The van der Waals surface area contributed by atoms with Gasteiger partial charge >= 0.3 is 0 Å². The molecular weight excluding hydrogens is 272 g/mol. The number of fused-ring (bicyclic) bond motifs is 3. The van der Waals surface area contributed by atoms with Gasteiger partial charge in [-0.25, -0.2) is 0 Å². The Morgan fingerprint density at radius 1 is 0.636 bits per heavy atom. The van der Waals surface area contributed by atoms with Crippen LogP contribution in [0.1, 0.15) is 40.5 Å². The lowest BCUT2D eigenvalue weighted by molar-refractivity contribution is -0.985. The molecule has 0 amide bonds. The first-order valence-corrected chi connectivity index (χ1v) is 9.40. The van der Waals surface area contributed by atoms with Crippen molar-refractivity contribution in [2.24, 2.45) is 0 Å². The van der Waals surface area contributed by atoms with Gasteiger partial charge in [0.05, 0.1) is 39.3 Å². The SMILES string of the molecule is CC1CC(C)[N+]2(C)CCNC(C)CC(C)[N+](C)(CCN1)CC2. The Kier molecular flexibility index (Phi) is 5.92. The summed E-state index contributed by atoms with van der Waals surface area (Å²) in [5.74, 6) is 0. The molecule has 6 atom stereocenters. The quantitative estimate of drug-likeness (QED) is 0.661. The fourth-order valence-corrected chi connectivity index (χ4v) is 4.39. The van der Waals surface area contributed by atoms with E-state index in [1.165, 1.54) is 48.0 Å². The second-order valence-corrected chi connectivity index (χ2v) is 8.73. The van der Waals surface area contributed by atoms with Crippen molar-refractivity contribution in [3.8, 4) is 0 Å². The highest BCUT2D eigenvalue weighted by molar-refractivity contribution is 4.72. The van der Waals surface area contributed by atoms with Gasteiger partial charge in [0.2, 0.25) is 0 Å². The predicted molar refractivity (Wildman–Crippen MR) is 94.9 cm³/mol. The van der Waals surface area contributed by atoms with Gasteiger partial charge in [-0.15, -0.1) is 0 Å². The van der Waals surface area contributed by atoms with Crippen molar-refractivity contribution < 1.29 is 8.97 Å². The van der Waals surface area contributed by atoms with Crippen molar-refractivity contribution in [3.05, 3.63) is 0 Å². The van der Waals surface area contributed by atoms with Gasteiger partial charge in [-0.05, 0) is 27.7 Å². The Bertz CT molecular complexity index is 327. The minimum absolute atomic E-state index is 0.629. The summed E-state index contributed by atoms with van der Waals surface area (Å²) >= 11 is 0. The molecule has 0 radical (unpaired) electrons. The predicted octanol–water partition coefficient (Wildman–Crippen LogP) is 1.42. The van der Waals surface area contributed by atoms with Crippen molar-refractivity contribution >= 4 is 0 Å². The largest absolute Gasteiger partial charge is 0.318 e. The summed E-state index contributed by atoms with van der Waals surface area (Å²) in [7, 11) is 4.98. The van der Waals surface area contributed by atoms with E-state index < -0.39 is 0 Å². The monoisotopic (exact) mass is 312 g/mol. The van der Waals surface area contributed by atoms with Crippen molar-refractivity contribution in [1.82, 2.24) is 10.6 Å². The molecule has 0 saturated carbocycles. The first-order chi connectivity index (χ1) is 10.3. The van der Waals surface area contributed by atoms with Crippen LogP contribution in [0.4, 0.5) is 0 Å². The smallest absolute Gasteiger partial charge is 0.129 e. The van der Waals surface area contributed by atoms with E-state index in [0.29, 0.717) is 12.1 Å². The van der Waals surface area contributed by atoms with E-state index in [-0.39, 0.29) is 0 Å². The molecule has 2 saturated heterocycles. The Balaban J connectivity index is 2.27. The van der Waals surface area contributed by atoms with Gasteiger partial charge in [0, 0.05) is 38.0 Å². The van der Waals surface area contributed by atoms with Crippen molar-refractivity contribution in [3.63, 3.8) is 0 Å². The summed E-state index contributed by atoms with van der Waals surface area (Å²) < 4.78 is 2.43. The standard InChI is InChI=1S/C18H40N4/c1-15-13-17(3)21(5)10-8-20-16(2)14-18(4)22(6,12-11-21)9-7-19-15/h15-20H,7-14H2,1-6H3/q+2. The molecule has 0 aliphatic carbocycles. The van der Waals surface area contributed by atoms with Gasteiger partial charge in [-0.2, -0.15) is 0 Å². The number of rotatable bonds is 0. The lowest BCUT2D eigenvalue weighted by atomic mass is 10.0. The topological polar surface area (TPSA) is 24.1 Å². The number of hydrogen-bond acceptors (Lipinski definition) is 2. The maximum Gasteiger partial charge on any atom is 0.129 e. The second kappa shape index (κ2) is 7.16. The highest BCUT2D eigenvalue weighted by atomic mass is 15.4. The minimum Gasteiger partial charge on any atom is -0.318 e. The first-order valence-electron chi connectivity index (χ1n) is 9.40. The van der Waals surface area contributed by atoms with Crippen LogP contribution in [0.25, 0.3) is 0 Å². The van der Waals surface area contributed by atoms with Gasteiger partial charge in [0.25, 0.3) is 0 Å². The molecule has 130 valence electrons. The lowest BCUT2D eigenvalue weighted by Gasteiger charge is -2.48. The van der Waals surface area contributed by atoms with Gasteiger partial charge in [0.1, 0.15) is 13.1 Å². The number of quaternary nitrogens is 2. The zero-order valence-corrected chi connectivity index (χ0v) is 15.9. The molecule has 6 unspecified atom stereocenters. The summed E-state index contributed by atoms with van der Waals surface area (Å²) in [5.41, 5.74) is 0. The average molecular weight is 313 g/mol. The van der Waals surface area contributed by atoms with E-state index in [1.807, 2.05) is 0 Å². The van der Waals surface area contributed by atoms with Crippen LogP contribution in [-0.2, 0) is 0 Å². The van der Waals surface area contributed by atoms with Crippen LogP contribution < -0.4 is 10.6 Å². The van der Waals surface area contributed by atoms with E-state index >= 15 is 0 Å². The molecule has 2 rings (SSSR count). The molecule has 2 heterocycles. The van der Waals surface area contributed by atoms with Crippen LogP contribution in [0.3, 0.4) is 0 Å². The van der Waals surface area contributed by atoms with E-state index in [1.54, 1.807) is 0 Å². The zero-order valence-electron chi connectivity index (χ0n) is 15.9. The summed E-state index contributed by atoms with van der Waals surface area (Å²) in [4.78, 5) is 0. The summed E-state index contributed by atoms with van der Waals surface area (Å²) in [6.07, 6.45) is 2.57. The maximum atomic E-state index is 3.78. The van der Waals surface area contributed by atoms with Crippen LogP contribution in [0.5, 0.6) is 0 Å². The molecule has 2 N–H and O–H groups in total. The molecule has 0 aromatic carbocycles. The summed E-state index contributed by atoms with van der Waals surface area (Å²) in [5, 5.41) is 7.57. The molecule has 4 heteroatoms. The van der Waals surface area contributed by atoms with Crippen LogP contribution in [0, 0.1) is 0 Å². The molecule has 2 aliphatic heterocycles. The molecule has 0 aromatic heterocycles. The Hall–Kier alpha value is -0.160. The number of nitrogens with one attached hydrogen (secondary N) is 2. The Morgan fingerprint density at radius 2 is 1.00 bits per heavy atom. The third-order valence-electron chi connectivity index (χ3n) is 6.87. The third-order valence-corrected chi connectivity index (χ3v) is 6.87. The third kappa shape index (κ3) is 4.22. The molecule has 2 aliphatic rings. The molecular formula is C18H40N4+2. The van der Waals surface area contributed by atoms with Crippen LogP contribution in [0.2, 0.25) is 0 Å². The first kappa shape index (κ1) is 18.2. The van der Waals surface area contributed by atoms with E-state index in [2.05, 4.69) is 52.4 Å². The maximum absolute atomic E-state index is 3.78. The fourth-order valence-electron chi connectivity index (χ4n) is 4.39. The molecule has 0 aromatic rings. The Labute approximate surface area is 138 Å². The molecule has 2 bridgehead atoms. The number of hydrogen-bond donors (Lipinski definition) is 2. The van der Waals surface area contributed by atoms with Crippen LogP contribution >= 0.6 is 0 Å². The Morgan fingerprint density at radius 3 is 1.36 bits per heavy atom. The normalized spacial score (nSPS) is 48.8. The zero-order chi connectivity index (χ0) is 16.4. The lowest BCUT2D eigenvalue weighted by Crippen LogP contribution is -2.65. The van der Waals surface area contributed by atoms with Gasteiger partial charge in [-0.3, -0.25) is 0 Å². The molecule has 2 fully saturated rings.